The third-order valence-corrected chi connectivity index (χ3v) is 3.50. The number of benzene rings is 1. The zero-order valence-electron chi connectivity index (χ0n) is 11.9. The minimum absolute atomic E-state index is 0.0669. The number of carbonyl (C=O) groups is 2. The fourth-order valence-corrected chi connectivity index (χ4v) is 2.31. The van der Waals surface area contributed by atoms with Crippen LogP contribution >= 0.6 is 0 Å². The first-order valence-electron chi connectivity index (χ1n) is 6.81. The molecule has 1 aromatic rings. The van der Waals surface area contributed by atoms with E-state index >= 15 is 0 Å². The van der Waals surface area contributed by atoms with Crippen LogP contribution in [-0.4, -0.2) is 36.9 Å². The zero-order valence-corrected chi connectivity index (χ0v) is 11.9. The molecule has 0 bridgehead atoms. The maximum Gasteiger partial charge on any atom is 0.240 e. The molecule has 5 heteroatoms. The molecule has 20 heavy (non-hydrogen) atoms. The number of likely N-dealkylation sites (tertiary alicyclic amines) is 1. The average Bonchev–Trinajstić information content (AvgIpc) is 2.84. The van der Waals surface area contributed by atoms with Crippen molar-refractivity contribution in [1.82, 2.24) is 10.2 Å². The Kier molecular flexibility index (Phi) is 4.61. The summed E-state index contributed by atoms with van der Waals surface area (Å²) in [5.74, 6) is 0.732. The van der Waals surface area contributed by atoms with Gasteiger partial charge in [0.1, 0.15) is 5.75 Å². The third kappa shape index (κ3) is 3.50. The Hall–Kier alpha value is -2.04. The lowest BCUT2D eigenvalue weighted by Crippen LogP contribution is -2.38. The van der Waals surface area contributed by atoms with Gasteiger partial charge in [-0.3, -0.25) is 9.59 Å². The van der Waals surface area contributed by atoms with Gasteiger partial charge in [0.25, 0.3) is 0 Å². The largest absolute Gasteiger partial charge is 0.497 e. The highest BCUT2D eigenvalue weighted by molar-refractivity contribution is 5.86. The Morgan fingerprint density at radius 3 is 2.65 bits per heavy atom. The van der Waals surface area contributed by atoms with E-state index in [1.54, 1.807) is 12.0 Å². The molecule has 5 nitrogen and oxygen atoms in total. The third-order valence-electron chi connectivity index (χ3n) is 3.50. The van der Waals surface area contributed by atoms with Crippen molar-refractivity contribution in [1.29, 1.82) is 0 Å². The number of hydrogen-bond acceptors (Lipinski definition) is 3. The standard InChI is InChI=1S/C15H20N2O3/c1-11(12-5-7-13(20-2)8-6-12)16-14(18)10-17-9-3-4-15(17)19/h5-8,11H,3-4,9-10H2,1-2H3,(H,16,18). The van der Waals surface area contributed by atoms with Gasteiger partial charge < -0.3 is 15.0 Å². The lowest BCUT2D eigenvalue weighted by molar-refractivity contribution is -0.133. The molecular formula is C15H20N2O3. The molecule has 2 amide bonds. The monoisotopic (exact) mass is 276 g/mol. The van der Waals surface area contributed by atoms with E-state index in [4.69, 9.17) is 4.74 Å². The molecule has 0 aliphatic carbocycles. The fourth-order valence-electron chi connectivity index (χ4n) is 2.31. The normalized spacial score (nSPS) is 16.1. The van der Waals surface area contributed by atoms with Crippen molar-refractivity contribution in [3.8, 4) is 5.75 Å². The fraction of sp³-hybridized carbons (Fsp3) is 0.467. The summed E-state index contributed by atoms with van der Waals surface area (Å²) in [4.78, 5) is 25.0. The molecule has 1 saturated heterocycles. The molecular weight excluding hydrogens is 256 g/mol. The molecule has 0 spiro atoms. The topological polar surface area (TPSA) is 58.6 Å². The van der Waals surface area contributed by atoms with Crippen LogP contribution in [0, 0.1) is 0 Å². The van der Waals surface area contributed by atoms with Gasteiger partial charge in [-0.25, -0.2) is 0 Å². The van der Waals surface area contributed by atoms with Crippen molar-refractivity contribution in [3.05, 3.63) is 29.8 Å². The first-order valence-corrected chi connectivity index (χ1v) is 6.81. The number of rotatable bonds is 5. The predicted molar refractivity (Wildman–Crippen MR) is 75.4 cm³/mol. The lowest BCUT2D eigenvalue weighted by Gasteiger charge is -2.18. The summed E-state index contributed by atoms with van der Waals surface area (Å²) >= 11 is 0. The van der Waals surface area contributed by atoms with Crippen LogP contribution in [0.5, 0.6) is 5.75 Å². The predicted octanol–water partition coefficient (Wildman–Crippen LogP) is 1.49. The van der Waals surface area contributed by atoms with Gasteiger partial charge in [-0.05, 0) is 31.0 Å². The van der Waals surface area contributed by atoms with E-state index in [0.29, 0.717) is 13.0 Å². The minimum Gasteiger partial charge on any atom is -0.497 e. The number of methoxy groups -OCH3 is 1. The molecule has 0 radical (unpaired) electrons. The van der Waals surface area contributed by atoms with Crippen LogP contribution in [0.2, 0.25) is 0 Å². The van der Waals surface area contributed by atoms with E-state index in [2.05, 4.69) is 5.32 Å². The van der Waals surface area contributed by atoms with Crippen LogP contribution in [0.4, 0.5) is 0 Å². The highest BCUT2D eigenvalue weighted by Gasteiger charge is 2.22. The molecule has 1 heterocycles. The van der Waals surface area contributed by atoms with Crippen molar-refractivity contribution in [3.63, 3.8) is 0 Å². The number of nitrogens with one attached hydrogen (secondary N) is 1. The number of carbonyl (C=O) groups excluding carboxylic acids is 2. The first-order chi connectivity index (χ1) is 9.60. The van der Waals surface area contributed by atoms with Gasteiger partial charge >= 0.3 is 0 Å². The Balaban J connectivity index is 1.87. The van der Waals surface area contributed by atoms with Gasteiger partial charge in [0, 0.05) is 13.0 Å². The Bertz CT molecular complexity index is 484. The molecule has 1 atom stereocenters. The quantitative estimate of drug-likeness (QED) is 0.886. The number of ether oxygens (including phenoxy) is 1. The van der Waals surface area contributed by atoms with Gasteiger partial charge in [-0.15, -0.1) is 0 Å². The molecule has 1 aliphatic heterocycles. The van der Waals surface area contributed by atoms with Crippen LogP contribution in [0.3, 0.4) is 0 Å². The molecule has 1 fully saturated rings. The second kappa shape index (κ2) is 6.41. The molecule has 1 N–H and O–H groups in total. The number of amides is 2. The summed E-state index contributed by atoms with van der Waals surface area (Å²) < 4.78 is 5.10. The minimum atomic E-state index is -0.122. The van der Waals surface area contributed by atoms with E-state index in [9.17, 15) is 9.59 Å². The Morgan fingerprint density at radius 2 is 2.10 bits per heavy atom. The van der Waals surface area contributed by atoms with Crippen molar-refractivity contribution in [2.75, 3.05) is 20.2 Å². The molecule has 2 rings (SSSR count). The lowest BCUT2D eigenvalue weighted by atomic mass is 10.1. The van der Waals surface area contributed by atoms with E-state index in [1.807, 2.05) is 31.2 Å². The van der Waals surface area contributed by atoms with Gasteiger partial charge in [0.05, 0.1) is 19.7 Å². The van der Waals surface area contributed by atoms with Crippen LogP contribution in [-0.2, 0) is 9.59 Å². The summed E-state index contributed by atoms with van der Waals surface area (Å²) in [6, 6.07) is 7.48. The summed E-state index contributed by atoms with van der Waals surface area (Å²) in [5.41, 5.74) is 1.01. The summed E-state index contributed by atoms with van der Waals surface area (Å²) in [6.45, 7) is 2.76. The van der Waals surface area contributed by atoms with E-state index in [0.717, 1.165) is 17.7 Å². The van der Waals surface area contributed by atoms with E-state index < -0.39 is 0 Å². The highest BCUT2D eigenvalue weighted by Crippen LogP contribution is 2.17. The molecule has 0 aromatic heterocycles. The summed E-state index contributed by atoms with van der Waals surface area (Å²) in [5, 5.41) is 2.91. The van der Waals surface area contributed by atoms with Crippen LogP contribution in [0.15, 0.2) is 24.3 Å². The van der Waals surface area contributed by atoms with Crippen molar-refractivity contribution >= 4 is 11.8 Å². The van der Waals surface area contributed by atoms with Crippen LogP contribution in [0.1, 0.15) is 31.4 Å². The van der Waals surface area contributed by atoms with Gasteiger partial charge in [-0.1, -0.05) is 12.1 Å². The molecule has 1 aliphatic rings. The maximum absolute atomic E-state index is 11.9. The second-order valence-corrected chi connectivity index (χ2v) is 4.98. The Morgan fingerprint density at radius 1 is 1.40 bits per heavy atom. The Labute approximate surface area is 118 Å². The van der Waals surface area contributed by atoms with Gasteiger partial charge in [0.15, 0.2) is 0 Å². The maximum atomic E-state index is 11.9. The molecule has 108 valence electrons. The van der Waals surface area contributed by atoms with E-state index in [-0.39, 0.29) is 24.4 Å². The number of nitrogens with zero attached hydrogens (tertiary/aromatic N) is 1. The van der Waals surface area contributed by atoms with Crippen molar-refractivity contribution in [2.24, 2.45) is 0 Å². The average molecular weight is 276 g/mol. The second-order valence-electron chi connectivity index (χ2n) is 4.98. The molecule has 1 aromatic carbocycles. The van der Waals surface area contributed by atoms with Gasteiger partial charge in [-0.2, -0.15) is 0 Å². The van der Waals surface area contributed by atoms with Gasteiger partial charge in [0.2, 0.25) is 11.8 Å². The summed E-state index contributed by atoms with van der Waals surface area (Å²) in [7, 11) is 1.62. The van der Waals surface area contributed by atoms with Crippen molar-refractivity contribution < 1.29 is 14.3 Å². The zero-order chi connectivity index (χ0) is 14.5. The SMILES string of the molecule is COc1ccc(C(C)NC(=O)CN2CCCC2=O)cc1. The molecule has 0 saturated carbocycles. The summed E-state index contributed by atoms with van der Waals surface area (Å²) in [6.07, 6.45) is 1.40. The van der Waals surface area contributed by atoms with Crippen molar-refractivity contribution in [2.45, 2.75) is 25.8 Å². The molecule has 1 unspecified atom stereocenters. The highest BCUT2D eigenvalue weighted by atomic mass is 16.5. The van der Waals surface area contributed by atoms with Crippen LogP contribution < -0.4 is 10.1 Å². The van der Waals surface area contributed by atoms with Crippen LogP contribution in [0.25, 0.3) is 0 Å². The smallest absolute Gasteiger partial charge is 0.240 e. The van der Waals surface area contributed by atoms with E-state index in [1.165, 1.54) is 0 Å². The number of hydrogen-bond donors (Lipinski definition) is 1. The first kappa shape index (κ1) is 14.4.